The van der Waals surface area contributed by atoms with Gasteiger partial charge >= 0.3 is 5.97 Å². The van der Waals surface area contributed by atoms with Crippen molar-refractivity contribution in [3.05, 3.63) is 18.2 Å². The summed E-state index contributed by atoms with van der Waals surface area (Å²) in [5, 5.41) is 16.8. The molecule has 3 N–H and O–H groups in total. The Kier molecular flexibility index (Phi) is 4.53. The molecule has 0 spiro atoms. The number of thioether (sulfide) groups is 1. The molecule has 0 aliphatic heterocycles. The molecule has 0 amide bonds. The number of hydrogen-bond acceptors (Lipinski definition) is 7. The fourth-order valence-corrected chi connectivity index (χ4v) is 2.39. The summed E-state index contributed by atoms with van der Waals surface area (Å²) in [7, 11) is 3.07. The Morgan fingerprint density at radius 1 is 1.33 bits per heavy atom. The van der Waals surface area contributed by atoms with Gasteiger partial charge in [0.15, 0.2) is 16.7 Å². The highest BCUT2D eigenvalue weighted by molar-refractivity contribution is 7.99. The normalized spacial score (nSPS) is 10.4. The summed E-state index contributed by atoms with van der Waals surface area (Å²) in [6, 6.07) is 5.19. The number of nitrogen functional groups attached to an aromatic ring is 1. The van der Waals surface area contributed by atoms with E-state index >= 15 is 0 Å². The molecule has 0 fully saturated rings. The summed E-state index contributed by atoms with van der Waals surface area (Å²) < 4.78 is 12.0. The third-order valence-electron chi connectivity index (χ3n) is 2.61. The van der Waals surface area contributed by atoms with Crippen LogP contribution in [0.2, 0.25) is 0 Å². The highest BCUT2D eigenvalue weighted by Gasteiger charge is 2.15. The van der Waals surface area contributed by atoms with E-state index in [1.54, 1.807) is 29.9 Å². The Balaban J connectivity index is 2.41. The van der Waals surface area contributed by atoms with E-state index in [1.807, 2.05) is 0 Å². The first-order valence-electron chi connectivity index (χ1n) is 5.84. The van der Waals surface area contributed by atoms with E-state index in [9.17, 15) is 4.79 Å². The highest BCUT2D eigenvalue weighted by Crippen LogP contribution is 2.31. The van der Waals surface area contributed by atoms with Gasteiger partial charge in [0.25, 0.3) is 0 Å². The van der Waals surface area contributed by atoms with Gasteiger partial charge in [0.05, 0.1) is 25.7 Å². The summed E-state index contributed by atoms with van der Waals surface area (Å²) in [4.78, 5) is 10.7. The number of aliphatic carboxylic acids is 1. The lowest BCUT2D eigenvalue weighted by molar-refractivity contribution is -0.133. The second-order valence-corrected chi connectivity index (χ2v) is 4.84. The second kappa shape index (κ2) is 6.35. The smallest absolute Gasteiger partial charge is 0.313 e. The number of methoxy groups -OCH3 is 2. The zero-order valence-electron chi connectivity index (χ0n) is 11.4. The molecule has 2 rings (SSSR count). The maximum atomic E-state index is 10.7. The largest absolute Gasteiger partial charge is 0.493 e. The summed E-state index contributed by atoms with van der Waals surface area (Å²) in [6.45, 7) is 0. The van der Waals surface area contributed by atoms with Crippen LogP contribution in [0.1, 0.15) is 0 Å². The van der Waals surface area contributed by atoms with E-state index in [0.717, 1.165) is 11.8 Å². The van der Waals surface area contributed by atoms with Crippen molar-refractivity contribution in [1.29, 1.82) is 0 Å². The Bertz CT molecular complexity index is 659. The third-order valence-corrected chi connectivity index (χ3v) is 3.52. The lowest BCUT2D eigenvalue weighted by Crippen LogP contribution is -2.05. The molecular formula is C12H14N4O4S. The number of nitrogens with two attached hydrogens (primary N) is 1. The predicted octanol–water partition coefficient (Wildman–Crippen LogP) is 1.04. The van der Waals surface area contributed by atoms with Gasteiger partial charge in [-0.1, -0.05) is 11.8 Å². The maximum absolute atomic E-state index is 10.7. The summed E-state index contributed by atoms with van der Waals surface area (Å²) in [5.74, 6) is 0.186. The lowest BCUT2D eigenvalue weighted by atomic mass is 10.2. The number of benzene rings is 1. The number of anilines is 1. The number of aromatic nitrogens is 3. The van der Waals surface area contributed by atoms with E-state index in [2.05, 4.69) is 10.2 Å². The SMILES string of the molecule is COc1ccc(-n2c(N)nnc2SCC(=O)O)cc1OC. The van der Waals surface area contributed by atoms with Crippen LogP contribution < -0.4 is 15.2 Å². The lowest BCUT2D eigenvalue weighted by Gasteiger charge is -2.11. The molecular weight excluding hydrogens is 296 g/mol. The van der Waals surface area contributed by atoms with Crippen molar-refractivity contribution in [3.63, 3.8) is 0 Å². The number of rotatable bonds is 6. The summed E-state index contributed by atoms with van der Waals surface area (Å²) in [6.07, 6.45) is 0. The number of carboxylic acid groups (broad SMARTS) is 1. The van der Waals surface area contributed by atoms with Crippen molar-refractivity contribution in [1.82, 2.24) is 14.8 Å². The molecule has 0 unspecified atom stereocenters. The molecule has 1 aromatic carbocycles. The molecule has 1 aromatic heterocycles. The highest BCUT2D eigenvalue weighted by atomic mass is 32.2. The zero-order valence-corrected chi connectivity index (χ0v) is 12.3. The van der Waals surface area contributed by atoms with Gasteiger partial charge in [-0.3, -0.25) is 9.36 Å². The Morgan fingerprint density at radius 2 is 2.05 bits per heavy atom. The van der Waals surface area contributed by atoms with Crippen LogP contribution in [0.25, 0.3) is 5.69 Å². The van der Waals surface area contributed by atoms with Crippen LogP contribution in [0.5, 0.6) is 11.5 Å². The minimum absolute atomic E-state index is 0.134. The molecule has 112 valence electrons. The molecule has 9 heteroatoms. The summed E-state index contributed by atoms with van der Waals surface area (Å²) >= 11 is 1.03. The molecule has 0 bridgehead atoms. The molecule has 0 saturated heterocycles. The number of carboxylic acids is 1. The van der Waals surface area contributed by atoms with E-state index in [-0.39, 0.29) is 11.7 Å². The van der Waals surface area contributed by atoms with Crippen molar-refractivity contribution in [2.75, 3.05) is 25.7 Å². The third kappa shape index (κ3) is 3.19. The van der Waals surface area contributed by atoms with Gasteiger partial charge in [0, 0.05) is 6.07 Å². The maximum Gasteiger partial charge on any atom is 0.313 e. The predicted molar refractivity (Wildman–Crippen MR) is 77.2 cm³/mol. The van der Waals surface area contributed by atoms with Crippen molar-refractivity contribution in [2.24, 2.45) is 0 Å². The van der Waals surface area contributed by atoms with E-state index < -0.39 is 5.97 Å². The van der Waals surface area contributed by atoms with Crippen LogP contribution >= 0.6 is 11.8 Å². The van der Waals surface area contributed by atoms with Crippen LogP contribution in [-0.4, -0.2) is 45.8 Å². The van der Waals surface area contributed by atoms with Gasteiger partial charge in [-0.2, -0.15) is 0 Å². The molecule has 2 aromatic rings. The van der Waals surface area contributed by atoms with Gasteiger partial charge in [-0.25, -0.2) is 0 Å². The molecule has 8 nitrogen and oxygen atoms in total. The first-order chi connectivity index (χ1) is 10.1. The second-order valence-electron chi connectivity index (χ2n) is 3.90. The van der Waals surface area contributed by atoms with Gasteiger partial charge in [0.2, 0.25) is 5.95 Å². The average Bonchev–Trinajstić information content (AvgIpc) is 2.85. The van der Waals surface area contributed by atoms with Crippen molar-refractivity contribution in [2.45, 2.75) is 5.16 Å². The van der Waals surface area contributed by atoms with Crippen LogP contribution in [0.4, 0.5) is 5.95 Å². The number of ether oxygens (including phenoxy) is 2. The van der Waals surface area contributed by atoms with Crippen LogP contribution in [0.15, 0.2) is 23.4 Å². The molecule has 0 aliphatic carbocycles. The fraction of sp³-hybridized carbons (Fsp3) is 0.250. The average molecular weight is 310 g/mol. The van der Waals surface area contributed by atoms with E-state index in [1.165, 1.54) is 7.11 Å². The zero-order chi connectivity index (χ0) is 15.4. The van der Waals surface area contributed by atoms with Crippen molar-refractivity contribution >= 4 is 23.7 Å². The number of hydrogen-bond donors (Lipinski definition) is 2. The first-order valence-corrected chi connectivity index (χ1v) is 6.83. The van der Waals surface area contributed by atoms with Gasteiger partial charge in [0.1, 0.15) is 0 Å². The molecule has 0 saturated carbocycles. The Labute approximate surface area is 124 Å². The van der Waals surface area contributed by atoms with Gasteiger partial charge < -0.3 is 20.3 Å². The first kappa shape index (κ1) is 15.0. The summed E-state index contributed by atoms with van der Waals surface area (Å²) in [5.41, 5.74) is 6.45. The van der Waals surface area contributed by atoms with Gasteiger partial charge in [-0.15, -0.1) is 10.2 Å². The quantitative estimate of drug-likeness (QED) is 0.761. The van der Waals surface area contributed by atoms with Crippen LogP contribution in [0, 0.1) is 0 Å². The van der Waals surface area contributed by atoms with Crippen molar-refractivity contribution < 1.29 is 19.4 Å². The van der Waals surface area contributed by atoms with E-state index in [0.29, 0.717) is 22.3 Å². The molecule has 0 radical (unpaired) electrons. The van der Waals surface area contributed by atoms with Crippen molar-refractivity contribution in [3.8, 4) is 17.2 Å². The monoisotopic (exact) mass is 310 g/mol. The van der Waals surface area contributed by atoms with Crippen LogP contribution in [-0.2, 0) is 4.79 Å². The molecule has 0 aliphatic rings. The minimum Gasteiger partial charge on any atom is -0.493 e. The molecule has 1 heterocycles. The number of carbonyl (C=O) groups is 1. The van der Waals surface area contributed by atoms with E-state index in [4.69, 9.17) is 20.3 Å². The number of nitrogens with zero attached hydrogens (tertiary/aromatic N) is 3. The topological polar surface area (TPSA) is 112 Å². The standard InChI is InChI=1S/C12H14N4O4S/c1-19-8-4-3-7(5-9(8)20-2)16-11(13)14-15-12(16)21-6-10(17)18/h3-5H,6H2,1-2H3,(H2,13,14)(H,17,18). The fourth-order valence-electron chi connectivity index (χ4n) is 1.71. The minimum atomic E-state index is -0.944. The Morgan fingerprint density at radius 3 is 2.67 bits per heavy atom. The van der Waals surface area contributed by atoms with Crippen LogP contribution in [0.3, 0.4) is 0 Å². The molecule has 21 heavy (non-hydrogen) atoms. The Hall–Kier alpha value is -2.42. The van der Waals surface area contributed by atoms with Gasteiger partial charge in [-0.05, 0) is 12.1 Å². The molecule has 0 atom stereocenters.